The first kappa shape index (κ1) is 25.7. The van der Waals surface area contributed by atoms with Gasteiger partial charge in [-0.25, -0.2) is 4.98 Å². The Kier molecular flexibility index (Phi) is 6.52. The largest absolute Gasteiger partial charge is 0.436 e. The Bertz CT molecular complexity index is 1970. The monoisotopic (exact) mass is 541 g/mol. The summed E-state index contributed by atoms with van der Waals surface area (Å²) >= 11 is 0. The predicted molar refractivity (Wildman–Crippen MR) is 174 cm³/mol. The molecule has 0 unspecified atom stereocenters. The van der Waals surface area contributed by atoms with E-state index in [0.717, 1.165) is 27.8 Å². The summed E-state index contributed by atoms with van der Waals surface area (Å²) < 4.78 is 6.03. The lowest BCUT2D eigenvalue weighted by atomic mass is 9.78. The fourth-order valence-electron chi connectivity index (χ4n) is 5.68. The average Bonchev–Trinajstić information content (AvgIpc) is 3.50. The molecule has 0 N–H and O–H groups in total. The minimum Gasteiger partial charge on any atom is -0.436 e. The van der Waals surface area contributed by atoms with Gasteiger partial charge in [0.15, 0.2) is 5.58 Å². The smallest absolute Gasteiger partial charge is 0.227 e. The second-order valence-corrected chi connectivity index (χ2v) is 11.3. The van der Waals surface area contributed by atoms with Crippen LogP contribution in [0.25, 0.3) is 55.9 Å². The van der Waals surface area contributed by atoms with E-state index in [4.69, 9.17) is 4.42 Å². The number of hydrogen-bond donors (Lipinski definition) is 0. The van der Waals surface area contributed by atoms with Crippen molar-refractivity contribution in [2.45, 2.75) is 19.3 Å². The van der Waals surface area contributed by atoms with Crippen molar-refractivity contribution in [3.63, 3.8) is 0 Å². The van der Waals surface area contributed by atoms with Gasteiger partial charge in [0.1, 0.15) is 5.52 Å². The molecule has 2 nitrogen and oxygen atoms in total. The lowest BCUT2D eigenvalue weighted by molar-refractivity contribution is 0.620. The van der Waals surface area contributed by atoms with E-state index in [2.05, 4.69) is 140 Å². The van der Waals surface area contributed by atoms with E-state index in [1.165, 1.54) is 33.4 Å². The van der Waals surface area contributed by atoms with E-state index in [1.807, 2.05) is 30.3 Å². The molecular weight excluding hydrogens is 510 g/mol. The van der Waals surface area contributed by atoms with E-state index in [9.17, 15) is 0 Å². The van der Waals surface area contributed by atoms with Crippen molar-refractivity contribution >= 4 is 11.1 Å². The van der Waals surface area contributed by atoms with Gasteiger partial charge in [-0.3, -0.25) is 0 Å². The Balaban J connectivity index is 1.17. The van der Waals surface area contributed by atoms with Crippen molar-refractivity contribution in [2.24, 2.45) is 0 Å². The van der Waals surface area contributed by atoms with Crippen LogP contribution in [0.5, 0.6) is 0 Å². The number of para-hydroxylation sites is 2. The maximum absolute atomic E-state index is 6.03. The molecule has 0 fully saturated rings. The fourth-order valence-corrected chi connectivity index (χ4v) is 5.68. The molecule has 6 aromatic carbocycles. The predicted octanol–water partition coefficient (Wildman–Crippen LogP) is 10.8. The quantitative estimate of drug-likeness (QED) is 0.209. The molecule has 0 saturated heterocycles. The third-order valence-corrected chi connectivity index (χ3v) is 8.23. The third kappa shape index (κ3) is 4.93. The number of benzene rings is 6. The Morgan fingerprint density at radius 1 is 0.429 bits per heavy atom. The summed E-state index contributed by atoms with van der Waals surface area (Å²) in [6.07, 6.45) is 0. The first-order valence-corrected chi connectivity index (χ1v) is 14.4. The molecule has 2 heteroatoms. The number of fused-ring (bicyclic) bond motifs is 1. The molecule has 0 amide bonds. The van der Waals surface area contributed by atoms with Gasteiger partial charge >= 0.3 is 0 Å². The van der Waals surface area contributed by atoms with Crippen molar-refractivity contribution in [3.05, 3.63) is 163 Å². The van der Waals surface area contributed by atoms with Gasteiger partial charge in [-0.15, -0.1) is 0 Å². The van der Waals surface area contributed by atoms with E-state index in [1.54, 1.807) is 0 Å². The second-order valence-electron chi connectivity index (χ2n) is 11.3. The van der Waals surface area contributed by atoms with Crippen LogP contribution in [-0.2, 0) is 5.41 Å². The highest BCUT2D eigenvalue weighted by atomic mass is 16.3. The van der Waals surface area contributed by atoms with Gasteiger partial charge in [0.25, 0.3) is 0 Å². The normalized spacial score (nSPS) is 11.6. The summed E-state index contributed by atoms with van der Waals surface area (Å²) in [4.78, 5) is 4.69. The zero-order valence-corrected chi connectivity index (χ0v) is 23.8. The van der Waals surface area contributed by atoms with Crippen LogP contribution in [0, 0.1) is 0 Å². The molecule has 1 aromatic heterocycles. The van der Waals surface area contributed by atoms with Crippen LogP contribution in [0.4, 0.5) is 0 Å². The Morgan fingerprint density at radius 2 is 0.905 bits per heavy atom. The first-order chi connectivity index (χ1) is 20.5. The van der Waals surface area contributed by atoms with Crippen molar-refractivity contribution in [3.8, 4) is 44.8 Å². The Hall–Kier alpha value is -5.21. The molecule has 202 valence electrons. The molecule has 1 heterocycles. The molecule has 0 aliphatic heterocycles. The Labute approximate surface area is 247 Å². The zero-order chi connectivity index (χ0) is 28.5. The van der Waals surface area contributed by atoms with Crippen molar-refractivity contribution in [2.75, 3.05) is 0 Å². The van der Waals surface area contributed by atoms with Gasteiger partial charge < -0.3 is 4.42 Å². The summed E-state index contributed by atoms with van der Waals surface area (Å²) in [5, 5.41) is 0. The maximum atomic E-state index is 6.03. The van der Waals surface area contributed by atoms with Crippen molar-refractivity contribution < 1.29 is 4.42 Å². The summed E-state index contributed by atoms with van der Waals surface area (Å²) in [6, 6.07) is 53.5. The van der Waals surface area contributed by atoms with Crippen molar-refractivity contribution in [1.29, 1.82) is 0 Å². The number of rotatable bonds is 6. The molecule has 42 heavy (non-hydrogen) atoms. The van der Waals surface area contributed by atoms with Crippen LogP contribution in [-0.4, -0.2) is 4.98 Å². The molecule has 0 aliphatic rings. The van der Waals surface area contributed by atoms with E-state index < -0.39 is 0 Å². The topological polar surface area (TPSA) is 26.0 Å². The Morgan fingerprint density at radius 3 is 1.50 bits per heavy atom. The summed E-state index contributed by atoms with van der Waals surface area (Å²) in [5.74, 6) is 0.639. The lowest BCUT2D eigenvalue weighted by Crippen LogP contribution is -2.18. The molecule has 0 bridgehead atoms. The van der Waals surface area contributed by atoms with Crippen LogP contribution >= 0.6 is 0 Å². The van der Waals surface area contributed by atoms with Gasteiger partial charge in [0, 0.05) is 11.0 Å². The van der Waals surface area contributed by atoms with Crippen LogP contribution < -0.4 is 0 Å². The van der Waals surface area contributed by atoms with Gasteiger partial charge in [0.2, 0.25) is 5.89 Å². The van der Waals surface area contributed by atoms with E-state index in [-0.39, 0.29) is 5.41 Å². The summed E-state index contributed by atoms with van der Waals surface area (Å²) in [6.45, 7) is 4.57. The standard InChI is InChI=1S/C40H31NO/c1-40(2,35-17-4-3-5-18-35)36-23-21-28(22-24-36)29-11-8-12-30(25-29)31-13-9-14-32(26-31)33-15-10-16-34(27-33)39-41-37-19-6-7-20-38(37)42-39/h3-27H,1-2H3. The fraction of sp³-hybridized carbons (Fsp3) is 0.0750. The van der Waals surface area contributed by atoms with Crippen LogP contribution in [0.15, 0.2) is 156 Å². The van der Waals surface area contributed by atoms with Crippen LogP contribution in [0.1, 0.15) is 25.0 Å². The van der Waals surface area contributed by atoms with Gasteiger partial charge in [-0.05, 0) is 80.9 Å². The third-order valence-electron chi connectivity index (χ3n) is 8.23. The summed E-state index contributed by atoms with van der Waals surface area (Å²) in [7, 11) is 0. The SMILES string of the molecule is CC(C)(c1ccccc1)c1ccc(-c2cccc(-c3cccc(-c4cccc(-c5nc6ccccc6o5)c4)c3)c2)cc1. The van der Waals surface area contributed by atoms with Crippen molar-refractivity contribution in [1.82, 2.24) is 4.98 Å². The van der Waals surface area contributed by atoms with Gasteiger partial charge in [0.05, 0.1) is 0 Å². The molecule has 0 radical (unpaired) electrons. The summed E-state index contributed by atoms with van der Waals surface area (Å²) in [5.41, 5.74) is 12.3. The number of oxazole rings is 1. The molecule has 0 aliphatic carbocycles. The highest BCUT2D eigenvalue weighted by Gasteiger charge is 2.22. The molecule has 0 spiro atoms. The molecule has 7 aromatic rings. The van der Waals surface area contributed by atoms with Gasteiger partial charge in [-0.1, -0.05) is 129 Å². The van der Waals surface area contributed by atoms with Crippen LogP contribution in [0.3, 0.4) is 0 Å². The maximum Gasteiger partial charge on any atom is 0.227 e. The number of hydrogen-bond acceptors (Lipinski definition) is 2. The lowest BCUT2D eigenvalue weighted by Gasteiger charge is -2.26. The highest BCUT2D eigenvalue weighted by Crippen LogP contribution is 2.35. The second kappa shape index (κ2) is 10.6. The van der Waals surface area contributed by atoms with Crippen LogP contribution in [0.2, 0.25) is 0 Å². The number of aromatic nitrogens is 1. The molecular formula is C40H31NO. The van der Waals surface area contributed by atoms with E-state index >= 15 is 0 Å². The molecule has 7 rings (SSSR count). The minimum atomic E-state index is -0.0557. The van der Waals surface area contributed by atoms with E-state index in [0.29, 0.717) is 5.89 Å². The minimum absolute atomic E-state index is 0.0557. The molecule has 0 saturated carbocycles. The number of nitrogens with zero attached hydrogens (tertiary/aromatic N) is 1. The highest BCUT2D eigenvalue weighted by molar-refractivity contribution is 5.80. The average molecular weight is 542 g/mol. The molecule has 0 atom stereocenters. The first-order valence-electron chi connectivity index (χ1n) is 14.4. The zero-order valence-electron chi connectivity index (χ0n) is 23.8. The van der Waals surface area contributed by atoms with Gasteiger partial charge in [-0.2, -0.15) is 0 Å².